The minimum absolute atomic E-state index is 0.182. The van der Waals surface area contributed by atoms with Gasteiger partial charge in [-0.2, -0.15) is 5.10 Å². The number of ether oxygens (including phenoxy) is 2. The molecular formula is C22H16N4O3. The van der Waals surface area contributed by atoms with Gasteiger partial charge in [0.05, 0.1) is 11.3 Å². The Hall–Kier alpha value is -4.13. The van der Waals surface area contributed by atoms with E-state index in [1.165, 1.54) is 0 Å². The van der Waals surface area contributed by atoms with Gasteiger partial charge in [0.1, 0.15) is 5.69 Å². The molecule has 1 N–H and O–H groups in total. The average Bonchev–Trinajstić information content (AvgIpc) is 3.42. The van der Waals surface area contributed by atoms with Gasteiger partial charge in [0.25, 0.3) is 5.91 Å². The highest BCUT2D eigenvalue weighted by Crippen LogP contribution is 2.34. The zero-order valence-electron chi connectivity index (χ0n) is 15.3. The predicted octanol–water partition coefficient (Wildman–Crippen LogP) is 3.92. The molecule has 1 aliphatic heterocycles. The molecule has 7 nitrogen and oxygen atoms in total. The number of benzene rings is 2. The summed E-state index contributed by atoms with van der Waals surface area (Å²) in [4.78, 5) is 17.3. The molecular weight excluding hydrogens is 368 g/mol. The van der Waals surface area contributed by atoms with Crippen LogP contribution in [-0.2, 0) is 0 Å². The molecule has 0 saturated heterocycles. The maximum absolute atomic E-state index is 13.1. The van der Waals surface area contributed by atoms with E-state index in [-0.39, 0.29) is 12.7 Å². The number of nitrogens with zero attached hydrogens (tertiary/aromatic N) is 3. The number of hydrogen-bond acceptors (Lipinski definition) is 5. The van der Waals surface area contributed by atoms with Crippen molar-refractivity contribution in [3.8, 4) is 28.4 Å². The number of nitrogens with one attached hydrogen (secondary N) is 1. The van der Waals surface area contributed by atoms with Crippen LogP contribution in [0.1, 0.15) is 10.4 Å². The lowest BCUT2D eigenvalue weighted by Crippen LogP contribution is -2.12. The van der Waals surface area contributed by atoms with Crippen LogP contribution in [0.3, 0.4) is 0 Å². The van der Waals surface area contributed by atoms with E-state index in [1.807, 2.05) is 42.5 Å². The summed E-state index contributed by atoms with van der Waals surface area (Å²) >= 11 is 0. The van der Waals surface area contributed by atoms with Crippen LogP contribution in [0.5, 0.6) is 11.5 Å². The quantitative estimate of drug-likeness (QED) is 0.577. The van der Waals surface area contributed by atoms with Gasteiger partial charge in [0, 0.05) is 35.9 Å². The lowest BCUT2D eigenvalue weighted by molar-refractivity contribution is 0.102. The summed E-state index contributed by atoms with van der Waals surface area (Å²) in [5.74, 6) is 0.996. The fourth-order valence-corrected chi connectivity index (χ4v) is 3.14. The molecule has 142 valence electrons. The third kappa shape index (κ3) is 3.29. The van der Waals surface area contributed by atoms with E-state index in [0.29, 0.717) is 28.4 Å². The molecule has 7 heteroatoms. The Bertz CT molecular complexity index is 1170. The first-order valence-corrected chi connectivity index (χ1v) is 9.04. The summed E-state index contributed by atoms with van der Waals surface area (Å²) in [6, 6.07) is 18.6. The number of aromatic nitrogens is 3. The van der Waals surface area contributed by atoms with E-state index in [1.54, 1.807) is 41.5 Å². The number of carbonyl (C=O) groups excluding carboxylic acids is 1. The smallest absolute Gasteiger partial charge is 0.259 e. The Balaban J connectivity index is 1.52. The third-order valence-corrected chi connectivity index (χ3v) is 4.55. The van der Waals surface area contributed by atoms with Gasteiger partial charge in [0.15, 0.2) is 11.5 Å². The number of para-hydroxylation sites is 1. The Morgan fingerprint density at radius 2 is 1.86 bits per heavy atom. The minimum Gasteiger partial charge on any atom is -0.454 e. The van der Waals surface area contributed by atoms with Gasteiger partial charge in [0.2, 0.25) is 6.79 Å². The number of pyridine rings is 1. The van der Waals surface area contributed by atoms with E-state index >= 15 is 0 Å². The molecule has 5 rings (SSSR count). The van der Waals surface area contributed by atoms with E-state index in [4.69, 9.17) is 9.47 Å². The fraction of sp³-hybridized carbons (Fsp3) is 0.0455. The van der Waals surface area contributed by atoms with Gasteiger partial charge in [-0.15, -0.1) is 0 Å². The second-order valence-corrected chi connectivity index (χ2v) is 6.44. The second kappa shape index (κ2) is 7.12. The summed E-state index contributed by atoms with van der Waals surface area (Å²) < 4.78 is 12.4. The highest BCUT2D eigenvalue weighted by Gasteiger charge is 2.20. The zero-order valence-corrected chi connectivity index (χ0v) is 15.3. The first-order valence-electron chi connectivity index (χ1n) is 9.04. The van der Waals surface area contributed by atoms with Gasteiger partial charge in [-0.05, 0) is 36.4 Å². The second-order valence-electron chi connectivity index (χ2n) is 6.44. The van der Waals surface area contributed by atoms with Crippen LogP contribution >= 0.6 is 0 Å². The van der Waals surface area contributed by atoms with Crippen molar-refractivity contribution in [2.75, 3.05) is 12.1 Å². The zero-order chi connectivity index (χ0) is 19.6. The van der Waals surface area contributed by atoms with Gasteiger partial charge in [-0.25, -0.2) is 4.68 Å². The van der Waals surface area contributed by atoms with E-state index in [0.717, 1.165) is 11.3 Å². The van der Waals surface area contributed by atoms with E-state index in [9.17, 15) is 4.79 Å². The fourth-order valence-electron chi connectivity index (χ4n) is 3.14. The summed E-state index contributed by atoms with van der Waals surface area (Å²) in [6.45, 7) is 0.182. The minimum atomic E-state index is -0.273. The molecule has 0 spiro atoms. The van der Waals surface area contributed by atoms with Crippen LogP contribution in [0.25, 0.3) is 16.9 Å². The van der Waals surface area contributed by atoms with Crippen molar-refractivity contribution in [2.24, 2.45) is 0 Å². The SMILES string of the molecule is O=C(Nc1ccc2c(c1)OCO2)c1cn(-c2ccccc2)nc1-c1cccnc1. The molecule has 0 atom stereocenters. The number of carbonyl (C=O) groups is 1. The molecule has 2 aromatic carbocycles. The molecule has 1 amide bonds. The molecule has 0 bridgehead atoms. The van der Waals surface area contributed by atoms with Crippen molar-refractivity contribution in [2.45, 2.75) is 0 Å². The largest absolute Gasteiger partial charge is 0.454 e. The normalized spacial score (nSPS) is 12.0. The average molecular weight is 384 g/mol. The van der Waals surface area contributed by atoms with Crippen LogP contribution < -0.4 is 14.8 Å². The number of anilines is 1. The topological polar surface area (TPSA) is 78.3 Å². The van der Waals surface area contributed by atoms with Crippen molar-refractivity contribution in [3.63, 3.8) is 0 Å². The van der Waals surface area contributed by atoms with Crippen LogP contribution in [-0.4, -0.2) is 27.5 Å². The van der Waals surface area contributed by atoms with Crippen molar-refractivity contribution in [1.82, 2.24) is 14.8 Å². The standard InChI is InChI=1S/C22H16N4O3/c27-22(24-16-8-9-19-20(11-16)29-14-28-19)18-13-26(17-6-2-1-3-7-17)25-21(18)15-5-4-10-23-12-15/h1-13H,14H2,(H,24,27). The lowest BCUT2D eigenvalue weighted by Gasteiger charge is -2.06. The first kappa shape index (κ1) is 17.0. The highest BCUT2D eigenvalue weighted by atomic mass is 16.7. The van der Waals surface area contributed by atoms with Crippen molar-refractivity contribution >= 4 is 11.6 Å². The number of amides is 1. The molecule has 0 fully saturated rings. The molecule has 0 unspecified atom stereocenters. The maximum Gasteiger partial charge on any atom is 0.259 e. The predicted molar refractivity (Wildman–Crippen MR) is 107 cm³/mol. The molecule has 0 radical (unpaired) electrons. The van der Waals surface area contributed by atoms with Crippen LogP contribution in [0, 0.1) is 0 Å². The lowest BCUT2D eigenvalue weighted by atomic mass is 10.1. The number of fused-ring (bicyclic) bond motifs is 1. The summed E-state index contributed by atoms with van der Waals surface area (Å²) in [5, 5.41) is 7.56. The van der Waals surface area contributed by atoms with E-state index < -0.39 is 0 Å². The molecule has 0 aliphatic carbocycles. The van der Waals surface area contributed by atoms with Gasteiger partial charge in [-0.3, -0.25) is 9.78 Å². The first-order chi connectivity index (χ1) is 14.3. The Morgan fingerprint density at radius 1 is 1.00 bits per heavy atom. The van der Waals surface area contributed by atoms with Crippen LogP contribution in [0.4, 0.5) is 5.69 Å². The summed E-state index contributed by atoms with van der Waals surface area (Å²) in [6.07, 6.45) is 5.10. The number of rotatable bonds is 4. The molecule has 0 saturated carbocycles. The Labute approximate surface area is 166 Å². The third-order valence-electron chi connectivity index (χ3n) is 4.55. The molecule has 3 heterocycles. The van der Waals surface area contributed by atoms with E-state index in [2.05, 4.69) is 15.4 Å². The maximum atomic E-state index is 13.1. The van der Waals surface area contributed by atoms with Crippen LogP contribution in [0.2, 0.25) is 0 Å². The molecule has 4 aromatic rings. The molecule has 29 heavy (non-hydrogen) atoms. The van der Waals surface area contributed by atoms with Crippen LogP contribution in [0.15, 0.2) is 79.3 Å². The van der Waals surface area contributed by atoms with Gasteiger partial charge >= 0.3 is 0 Å². The van der Waals surface area contributed by atoms with Gasteiger partial charge in [-0.1, -0.05) is 18.2 Å². The molecule has 2 aromatic heterocycles. The van der Waals surface area contributed by atoms with Crippen molar-refractivity contribution in [3.05, 3.63) is 84.8 Å². The Kier molecular flexibility index (Phi) is 4.18. The monoisotopic (exact) mass is 384 g/mol. The van der Waals surface area contributed by atoms with Gasteiger partial charge < -0.3 is 14.8 Å². The number of hydrogen-bond donors (Lipinski definition) is 1. The summed E-state index contributed by atoms with van der Waals surface area (Å²) in [5.41, 5.74) is 3.24. The highest BCUT2D eigenvalue weighted by molar-refractivity contribution is 6.08. The summed E-state index contributed by atoms with van der Waals surface area (Å²) in [7, 11) is 0. The Morgan fingerprint density at radius 3 is 2.69 bits per heavy atom. The van der Waals surface area contributed by atoms with Crippen molar-refractivity contribution in [1.29, 1.82) is 0 Å². The molecule has 1 aliphatic rings. The van der Waals surface area contributed by atoms with Crippen molar-refractivity contribution < 1.29 is 14.3 Å².